The monoisotopic (exact) mass is 416 g/mol. The number of benzene rings is 1. The first-order valence-electron chi connectivity index (χ1n) is 9.85. The minimum absolute atomic E-state index is 0.185. The highest BCUT2D eigenvalue weighted by Crippen LogP contribution is 2.37. The van der Waals surface area contributed by atoms with Gasteiger partial charge in [-0.05, 0) is 30.5 Å². The minimum atomic E-state index is -0.798. The van der Waals surface area contributed by atoms with Crippen molar-refractivity contribution >= 4 is 29.7 Å². The van der Waals surface area contributed by atoms with E-state index in [1.165, 1.54) is 7.11 Å². The van der Waals surface area contributed by atoms with E-state index in [1.807, 2.05) is 0 Å². The van der Waals surface area contributed by atoms with Gasteiger partial charge in [0, 0.05) is 6.54 Å². The summed E-state index contributed by atoms with van der Waals surface area (Å²) in [5.74, 6) is -3.06. The van der Waals surface area contributed by atoms with Crippen molar-refractivity contribution in [2.75, 3.05) is 20.3 Å². The number of esters is 2. The van der Waals surface area contributed by atoms with Gasteiger partial charge < -0.3 is 14.8 Å². The number of rotatable bonds is 7. The number of carbonyl (C=O) groups excluding carboxylic acids is 5. The van der Waals surface area contributed by atoms with Gasteiger partial charge in [0.1, 0.15) is 6.54 Å². The van der Waals surface area contributed by atoms with Crippen LogP contribution in [-0.4, -0.2) is 54.8 Å². The average Bonchev–Trinajstić information content (AvgIpc) is 3.01. The van der Waals surface area contributed by atoms with Crippen LogP contribution in [0.15, 0.2) is 24.3 Å². The van der Waals surface area contributed by atoms with Crippen molar-refractivity contribution in [1.29, 1.82) is 0 Å². The predicted octanol–water partition coefficient (Wildman–Crippen LogP) is 0.808. The highest BCUT2D eigenvalue weighted by molar-refractivity contribution is 6.07. The maximum Gasteiger partial charge on any atom is 0.337 e. The molecule has 2 atom stereocenters. The number of hydrogen-bond acceptors (Lipinski definition) is 7. The van der Waals surface area contributed by atoms with E-state index in [0.717, 1.165) is 23.3 Å². The lowest BCUT2D eigenvalue weighted by molar-refractivity contribution is -0.154. The van der Waals surface area contributed by atoms with E-state index in [-0.39, 0.29) is 30.2 Å². The molecule has 30 heavy (non-hydrogen) atoms. The van der Waals surface area contributed by atoms with Crippen LogP contribution in [0.2, 0.25) is 0 Å². The zero-order chi connectivity index (χ0) is 21.7. The number of imide groups is 1. The summed E-state index contributed by atoms with van der Waals surface area (Å²) >= 11 is 0. The fourth-order valence-corrected chi connectivity index (χ4v) is 3.84. The van der Waals surface area contributed by atoms with Crippen LogP contribution >= 0.6 is 0 Å². The number of hydrogen-bond donors (Lipinski definition) is 1. The molecule has 2 fully saturated rings. The molecule has 9 nitrogen and oxygen atoms in total. The molecule has 0 bridgehead atoms. The van der Waals surface area contributed by atoms with Crippen molar-refractivity contribution < 1.29 is 33.4 Å². The molecule has 2 aliphatic rings. The third kappa shape index (κ3) is 4.84. The van der Waals surface area contributed by atoms with Gasteiger partial charge in [0.25, 0.3) is 5.91 Å². The topological polar surface area (TPSA) is 119 Å². The van der Waals surface area contributed by atoms with E-state index in [4.69, 9.17) is 4.74 Å². The quantitative estimate of drug-likeness (QED) is 0.516. The van der Waals surface area contributed by atoms with Gasteiger partial charge in [0.15, 0.2) is 6.61 Å². The molecule has 1 aliphatic carbocycles. The largest absolute Gasteiger partial charge is 0.465 e. The van der Waals surface area contributed by atoms with Crippen molar-refractivity contribution in [3.8, 4) is 0 Å². The van der Waals surface area contributed by atoms with E-state index in [0.29, 0.717) is 18.4 Å². The Balaban J connectivity index is 1.41. The van der Waals surface area contributed by atoms with E-state index in [2.05, 4.69) is 10.1 Å². The van der Waals surface area contributed by atoms with Gasteiger partial charge in [-0.15, -0.1) is 0 Å². The number of amides is 3. The van der Waals surface area contributed by atoms with Crippen molar-refractivity contribution in [3.05, 3.63) is 35.4 Å². The van der Waals surface area contributed by atoms with Crippen molar-refractivity contribution in [3.63, 3.8) is 0 Å². The van der Waals surface area contributed by atoms with Gasteiger partial charge in [-0.3, -0.25) is 24.1 Å². The number of nitrogens with zero attached hydrogens (tertiary/aromatic N) is 1. The lowest BCUT2D eigenvalue weighted by atomic mass is 9.81. The average molecular weight is 416 g/mol. The van der Waals surface area contributed by atoms with Crippen molar-refractivity contribution in [2.24, 2.45) is 11.8 Å². The first kappa shape index (κ1) is 21.5. The van der Waals surface area contributed by atoms with Crippen LogP contribution in [0.4, 0.5) is 0 Å². The lowest BCUT2D eigenvalue weighted by Crippen LogP contribution is -2.38. The Hall–Kier alpha value is -3.23. The second-order valence-corrected chi connectivity index (χ2v) is 7.39. The highest BCUT2D eigenvalue weighted by atomic mass is 16.5. The smallest absolute Gasteiger partial charge is 0.337 e. The summed E-state index contributed by atoms with van der Waals surface area (Å²) < 4.78 is 9.53. The van der Waals surface area contributed by atoms with E-state index >= 15 is 0 Å². The summed E-state index contributed by atoms with van der Waals surface area (Å²) in [6.45, 7) is -0.792. The highest BCUT2D eigenvalue weighted by Gasteiger charge is 2.48. The van der Waals surface area contributed by atoms with Gasteiger partial charge in [-0.2, -0.15) is 0 Å². The molecule has 160 valence electrons. The van der Waals surface area contributed by atoms with E-state index in [1.54, 1.807) is 24.3 Å². The number of methoxy groups -OCH3 is 1. The van der Waals surface area contributed by atoms with Crippen LogP contribution in [0.5, 0.6) is 0 Å². The third-order valence-corrected chi connectivity index (χ3v) is 5.45. The predicted molar refractivity (Wildman–Crippen MR) is 103 cm³/mol. The number of nitrogens with one attached hydrogen (secondary N) is 1. The molecule has 1 aromatic rings. The number of carbonyl (C=O) groups is 5. The molecule has 0 radical (unpaired) electrons. The SMILES string of the molecule is COC(=O)c1ccc(CNC(=O)COC(=O)CN2C(=O)[C@H]3CCCC[C@H]3C2=O)cc1. The van der Waals surface area contributed by atoms with Gasteiger partial charge in [0.2, 0.25) is 11.8 Å². The second kappa shape index (κ2) is 9.51. The molecule has 1 aliphatic heterocycles. The molecule has 0 aromatic heterocycles. The summed E-state index contributed by atoms with van der Waals surface area (Å²) in [5, 5.41) is 2.59. The normalized spacial score (nSPS) is 20.5. The number of fused-ring (bicyclic) bond motifs is 1. The molecule has 1 heterocycles. The summed E-state index contributed by atoms with van der Waals surface area (Å²) in [6.07, 6.45) is 3.15. The van der Waals surface area contributed by atoms with Crippen LogP contribution in [0, 0.1) is 11.8 Å². The zero-order valence-electron chi connectivity index (χ0n) is 16.7. The molecule has 1 saturated carbocycles. The standard InChI is InChI=1S/C21H24N2O7/c1-29-21(28)14-8-6-13(7-9-14)10-22-17(24)12-30-18(25)11-23-19(26)15-4-2-3-5-16(15)20(23)27/h6-9,15-16H,2-5,10-12H2,1H3,(H,22,24)/t15-,16+. The molecule has 0 unspecified atom stereocenters. The fraction of sp³-hybridized carbons (Fsp3) is 0.476. The molecule has 1 saturated heterocycles. The summed E-state index contributed by atoms with van der Waals surface area (Å²) in [4.78, 5) is 61.0. The van der Waals surface area contributed by atoms with Gasteiger partial charge in [-0.1, -0.05) is 25.0 Å². The summed E-state index contributed by atoms with van der Waals surface area (Å²) in [5.41, 5.74) is 1.14. The van der Waals surface area contributed by atoms with Gasteiger partial charge in [0.05, 0.1) is 24.5 Å². The summed E-state index contributed by atoms with van der Waals surface area (Å²) in [6, 6.07) is 6.50. The molecule has 1 N–H and O–H groups in total. The second-order valence-electron chi connectivity index (χ2n) is 7.39. The maximum atomic E-state index is 12.4. The Morgan fingerprint density at radius 1 is 1.03 bits per heavy atom. The molecular weight excluding hydrogens is 392 g/mol. The van der Waals surface area contributed by atoms with E-state index in [9.17, 15) is 24.0 Å². The molecule has 0 spiro atoms. The molecule has 9 heteroatoms. The Kier molecular flexibility index (Phi) is 6.81. The van der Waals surface area contributed by atoms with Crippen molar-refractivity contribution in [2.45, 2.75) is 32.2 Å². The lowest BCUT2D eigenvalue weighted by Gasteiger charge is -2.19. The number of ether oxygens (including phenoxy) is 2. The molecular formula is C21H24N2O7. The number of likely N-dealkylation sites (tertiary alicyclic amines) is 1. The van der Waals surface area contributed by atoms with Crippen LogP contribution in [0.25, 0.3) is 0 Å². The van der Waals surface area contributed by atoms with Crippen LogP contribution in [-0.2, 0) is 35.2 Å². The molecule has 3 amide bonds. The van der Waals surface area contributed by atoms with Crippen LogP contribution < -0.4 is 5.32 Å². The maximum absolute atomic E-state index is 12.4. The van der Waals surface area contributed by atoms with Crippen molar-refractivity contribution in [1.82, 2.24) is 10.2 Å². The Bertz CT molecular complexity index is 825. The third-order valence-electron chi connectivity index (χ3n) is 5.45. The first-order valence-corrected chi connectivity index (χ1v) is 9.85. The van der Waals surface area contributed by atoms with E-state index < -0.39 is 31.0 Å². The fourth-order valence-electron chi connectivity index (χ4n) is 3.84. The van der Waals surface area contributed by atoms with Crippen LogP contribution in [0.3, 0.4) is 0 Å². The summed E-state index contributed by atoms with van der Waals surface area (Å²) in [7, 11) is 1.29. The Labute approximate surface area is 173 Å². The Morgan fingerprint density at radius 2 is 1.63 bits per heavy atom. The first-order chi connectivity index (χ1) is 14.4. The minimum Gasteiger partial charge on any atom is -0.465 e. The Morgan fingerprint density at radius 3 is 2.20 bits per heavy atom. The zero-order valence-corrected chi connectivity index (χ0v) is 16.7. The molecule has 1 aromatic carbocycles. The van der Waals surface area contributed by atoms with Crippen LogP contribution in [0.1, 0.15) is 41.6 Å². The van der Waals surface area contributed by atoms with Gasteiger partial charge >= 0.3 is 11.9 Å². The van der Waals surface area contributed by atoms with Gasteiger partial charge in [-0.25, -0.2) is 4.79 Å². The molecule has 3 rings (SSSR count).